The largest absolute Gasteiger partial charge is 0.478 e. The quantitative estimate of drug-likeness (QED) is 0.259. The van der Waals surface area contributed by atoms with Crippen molar-refractivity contribution in [1.29, 1.82) is 0 Å². The lowest BCUT2D eigenvalue weighted by Gasteiger charge is -2.15. The monoisotopic (exact) mass is 374 g/mol. The Hall–Kier alpha value is -2.08. The van der Waals surface area contributed by atoms with Gasteiger partial charge in [0, 0.05) is 5.56 Å². The van der Waals surface area contributed by atoms with E-state index in [4.69, 9.17) is 24.4 Å². The van der Waals surface area contributed by atoms with Crippen LogP contribution in [0.1, 0.15) is 31.8 Å². The summed E-state index contributed by atoms with van der Waals surface area (Å²) in [6.45, 7) is -0.851. The summed E-state index contributed by atoms with van der Waals surface area (Å²) < 4.78 is 19.9. The highest BCUT2D eigenvalue weighted by Crippen LogP contribution is 2.22. The van der Waals surface area contributed by atoms with E-state index >= 15 is 0 Å². The maximum Gasteiger partial charge on any atom is 0.336 e. The zero-order valence-electron chi connectivity index (χ0n) is 14.0. The Labute approximate surface area is 149 Å². The topological polar surface area (TPSA) is 152 Å². The molecule has 0 aliphatic carbocycles. The predicted molar refractivity (Wildman–Crippen MR) is 85.7 cm³/mol. The molecule has 0 radical (unpaired) electrons. The van der Waals surface area contributed by atoms with Gasteiger partial charge in [-0.3, -0.25) is 0 Å². The van der Waals surface area contributed by atoms with Gasteiger partial charge in [-0.2, -0.15) is 0 Å². The van der Waals surface area contributed by atoms with E-state index in [9.17, 15) is 19.8 Å². The summed E-state index contributed by atoms with van der Waals surface area (Å²) in [6.07, 6.45) is 0. The van der Waals surface area contributed by atoms with Crippen molar-refractivity contribution in [1.82, 2.24) is 0 Å². The molecule has 1 rings (SSSR count). The standard InChI is InChI=1S/C16H22O10/c17-9-25-5-3-23-7-11-1-2-12(15(19)20)13(14(11)16(21)22)8-24-4-6-26-10-18/h1-2,17-18H,3-10H2,(H,19,20)(H,21,22). The number of hydrogen-bond acceptors (Lipinski definition) is 8. The molecule has 0 atom stereocenters. The Kier molecular flexibility index (Phi) is 10.4. The lowest BCUT2D eigenvalue weighted by molar-refractivity contribution is -0.0324. The number of aliphatic hydroxyl groups is 2. The van der Waals surface area contributed by atoms with E-state index in [1.54, 1.807) is 0 Å². The van der Waals surface area contributed by atoms with Crippen molar-refractivity contribution in [3.05, 3.63) is 34.4 Å². The van der Waals surface area contributed by atoms with Gasteiger partial charge >= 0.3 is 11.9 Å². The fourth-order valence-corrected chi connectivity index (χ4v) is 2.15. The first-order chi connectivity index (χ1) is 12.5. The van der Waals surface area contributed by atoms with Crippen molar-refractivity contribution < 1.29 is 49.0 Å². The van der Waals surface area contributed by atoms with E-state index < -0.39 is 25.5 Å². The number of aliphatic hydroxyl groups excluding tert-OH is 2. The molecule has 0 unspecified atom stereocenters. The van der Waals surface area contributed by atoms with Crippen molar-refractivity contribution in [3.8, 4) is 0 Å². The van der Waals surface area contributed by atoms with E-state index in [1.807, 2.05) is 0 Å². The van der Waals surface area contributed by atoms with Crippen LogP contribution in [0.2, 0.25) is 0 Å². The number of carboxylic acid groups (broad SMARTS) is 2. The Bertz CT molecular complexity index is 587. The maximum atomic E-state index is 11.7. The highest BCUT2D eigenvalue weighted by Gasteiger charge is 2.22. The van der Waals surface area contributed by atoms with Crippen LogP contribution in [-0.2, 0) is 32.2 Å². The van der Waals surface area contributed by atoms with Gasteiger partial charge in [-0.15, -0.1) is 0 Å². The number of carboxylic acids is 2. The van der Waals surface area contributed by atoms with Crippen LogP contribution in [0.25, 0.3) is 0 Å². The molecule has 1 aromatic rings. The number of ether oxygens (including phenoxy) is 4. The van der Waals surface area contributed by atoms with Gasteiger partial charge in [0.2, 0.25) is 0 Å². The molecule has 0 aliphatic heterocycles. The molecule has 146 valence electrons. The number of benzene rings is 1. The lowest BCUT2D eigenvalue weighted by Crippen LogP contribution is -2.16. The van der Waals surface area contributed by atoms with Gasteiger partial charge in [-0.25, -0.2) is 9.59 Å². The average molecular weight is 374 g/mol. The minimum Gasteiger partial charge on any atom is -0.478 e. The van der Waals surface area contributed by atoms with Gasteiger partial charge in [-0.1, -0.05) is 6.07 Å². The van der Waals surface area contributed by atoms with E-state index in [0.717, 1.165) is 0 Å². The molecule has 10 heteroatoms. The van der Waals surface area contributed by atoms with E-state index in [-0.39, 0.29) is 61.9 Å². The average Bonchev–Trinajstić information content (AvgIpc) is 2.60. The summed E-state index contributed by atoms with van der Waals surface area (Å²) in [4.78, 5) is 23.1. The van der Waals surface area contributed by atoms with Crippen LogP contribution < -0.4 is 0 Å². The van der Waals surface area contributed by atoms with Crippen LogP contribution in [0.15, 0.2) is 12.1 Å². The molecule has 1 aromatic carbocycles. The minimum absolute atomic E-state index is 0.0155. The third kappa shape index (κ3) is 7.04. The van der Waals surface area contributed by atoms with Gasteiger partial charge in [-0.05, 0) is 11.6 Å². The molecule has 0 bridgehead atoms. The van der Waals surface area contributed by atoms with Crippen LogP contribution in [0.3, 0.4) is 0 Å². The summed E-state index contributed by atoms with van der Waals surface area (Å²) in [6, 6.07) is 2.67. The van der Waals surface area contributed by atoms with Crippen molar-refractivity contribution >= 4 is 11.9 Å². The summed E-state index contributed by atoms with van der Waals surface area (Å²) in [5.41, 5.74) is -0.0766. The molecular weight excluding hydrogens is 352 g/mol. The summed E-state index contributed by atoms with van der Waals surface area (Å²) in [5, 5.41) is 35.8. The van der Waals surface area contributed by atoms with Crippen LogP contribution in [0.4, 0.5) is 0 Å². The van der Waals surface area contributed by atoms with Crippen molar-refractivity contribution in [2.24, 2.45) is 0 Å². The molecule has 0 aromatic heterocycles. The van der Waals surface area contributed by atoms with Gasteiger partial charge in [0.05, 0.1) is 50.8 Å². The summed E-state index contributed by atoms with van der Waals surface area (Å²) in [7, 11) is 0. The normalized spacial score (nSPS) is 10.8. The van der Waals surface area contributed by atoms with Gasteiger partial charge in [0.25, 0.3) is 0 Å². The number of hydrogen-bond donors (Lipinski definition) is 4. The Morgan fingerprint density at radius 3 is 1.81 bits per heavy atom. The Morgan fingerprint density at radius 1 is 0.769 bits per heavy atom. The van der Waals surface area contributed by atoms with Crippen molar-refractivity contribution in [3.63, 3.8) is 0 Å². The second-order valence-electron chi connectivity index (χ2n) is 4.92. The molecule has 10 nitrogen and oxygen atoms in total. The highest BCUT2D eigenvalue weighted by atomic mass is 16.6. The Morgan fingerprint density at radius 2 is 1.31 bits per heavy atom. The fraction of sp³-hybridized carbons (Fsp3) is 0.500. The maximum absolute atomic E-state index is 11.7. The molecule has 0 saturated heterocycles. The second-order valence-corrected chi connectivity index (χ2v) is 4.92. The molecule has 0 saturated carbocycles. The smallest absolute Gasteiger partial charge is 0.336 e. The van der Waals surface area contributed by atoms with Gasteiger partial charge in [0.1, 0.15) is 13.6 Å². The zero-order valence-corrected chi connectivity index (χ0v) is 14.0. The van der Waals surface area contributed by atoms with Crippen LogP contribution >= 0.6 is 0 Å². The van der Waals surface area contributed by atoms with Gasteiger partial charge in [0.15, 0.2) is 0 Å². The lowest BCUT2D eigenvalue weighted by atomic mass is 9.96. The van der Waals surface area contributed by atoms with Gasteiger partial charge < -0.3 is 39.4 Å². The fourth-order valence-electron chi connectivity index (χ4n) is 2.15. The summed E-state index contributed by atoms with van der Waals surface area (Å²) in [5.74, 6) is -2.58. The minimum atomic E-state index is -1.30. The first kappa shape index (κ1) is 22.0. The molecule has 0 aliphatic rings. The Balaban J connectivity index is 2.95. The highest BCUT2D eigenvalue weighted by molar-refractivity contribution is 5.97. The zero-order chi connectivity index (χ0) is 19.4. The molecular formula is C16H22O10. The number of carbonyl (C=O) groups is 2. The van der Waals surface area contributed by atoms with E-state index in [0.29, 0.717) is 0 Å². The molecule has 26 heavy (non-hydrogen) atoms. The molecule has 0 spiro atoms. The predicted octanol–water partition coefficient (Wildman–Crippen LogP) is 0.0490. The van der Waals surface area contributed by atoms with Crippen molar-refractivity contribution in [2.45, 2.75) is 13.2 Å². The molecule has 4 N–H and O–H groups in total. The number of aromatic carboxylic acids is 2. The number of rotatable bonds is 14. The molecule has 0 amide bonds. The first-order valence-electron chi connectivity index (χ1n) is 7.67. The van der Waals surface area contributed by atoms with Crippen LogP contribution in [0, 0.1) is 0 Å². The third-order valence-electron chi connectivity index (χ3n) is 3.27. The SMILES string of the molecule is O=C(O)c1ccc(COCCOCO)c(C(=O)O)c1COCCOCO. The third-order valence-corrected chi connectivity index (χ3v) is 3.27. The summed E-state index contributed by atoms with van der Waals surface area (Å²) >= 11 is 0. The molecule has 0 heterocycles. The van der Waals surface area contributed by atoms with E-state index in [1.165, 1.54) is 12.1 Å². The second kappa shape index (κ2) is 12.3. The van der Waals surface area contributed by atoms with E-state index in [2.05, 4.69) is 4.74 Å². The van der Waals surface area contributed by atoms with Crippen LogP contribution in [-0.4, -0.2) is 72.4 Å². The van der Waals surface area contributed by atoms with Crippen molar-refractivity contribution in [2.75, 3.05) is 40.0 Å². The van der Waals surface area contributed by atoms with Crippen LogP contribution in [0.5, 0.6) is 0 Å². The molecule has 0 fully saturated rings. The first-order valence-corrected chi connectivity index (χ1v) is 7.67.